The average Bonchev–Trinajstić information content (AvgIpc) is 2.70. The van der Waals surface area contributed by atoms with Crippen LogP contribution in [0.15, 0.2) is 0 Å². The van der Waals surface area contributed by atoms with Crippen molar-refractivity contribution in [1.29, 1.82) is 0 Å². The van der Waals surface area contributed by atoms with Crippen LogP contribution in [0.5, 0.6) is 0 Å². The molecule has 2 aliphatic heterocycles. The van der Waals surface area contributed by atoms with Crippen LogP contribution in [0.25, 0.3) is 0 Å². The fraction of sp³-hybridized carbons (Fsp3) is 0.818. The normalized spacial score (nSPS) is 37.0. The predicted octanol–water partition coefficient (Wildman–Crippen LogP) is 0.235. The number of aliphatic hydroxyl groups excluding tert-OH is 1. The van der Waals surface area contributed by atoms with E-state index in [0.717, 1.165) is 25.9 Å². The van der Waals surface area contributed by atoms with Crippen molar-refractivity contribution in [3.05, 3.63) is 0 Å². The van der Waals surface area contributed by atoms with Crippen LogP contribution in [-0.4, -0.2) is 48.0 Å². The smallest absolute Gasteiger partial charge is 0.107 e. The molecule has 0 aliphatic carbocycles. The molecule has 0 radical (unpaired) electrons. The molecule has 0 aromatic rings. The summed E-state index contributed by atoms with van der Waals surface area (Å²) in [5.74, 6) is 2.49. The maximum atomic E-state index is 9.43. The van der Waals surface area contributed by atoms with E-state index in [1.165, 1.54) is 6.42 Å². The van der Waals surface area contributed by atoms with Crippen molar-refractivity contribution in [3.63, 3.8) is 0 Å². The molecule has 78 valence electrons. The molecule has 2 saturated heterocycles. The van der Waals surface area contributed by atoms with Gasteiger partial charge in [-0.1, -0.05) is 5.92 Å². The third-order valence-corrected chi connectivity index (χ3v) is 3.47. The minimum absolute atomic E-state index is 0.0132. The molecule has 3 heteroatoms. The number of hydrogen-bond acceptors (Lipinski definition) is 3. The molecule has 0 saturated carbocycles. The lowest BCUT2D eigenvalue weighted by Crippen LogP contribution is -2.41. The lowest BCUT2D eigenvalue weighted by atomic mass is 9.94. The Labute approximate surface area is 85.0 Å². The van der Waals surface area contributed by atoms with Gasteiger partial charge in [-0.25, -0.2) is 0 Å². The highest BCUT2D eigenvalue weighted by molar-refractivity contribution is 5.03. The summed E-state index contributed by atoms with van der Waals surface area (Å²) in [4.78, 5) is 2.36. The first-order chi connectivity index (χ1) is 6.80. The van der Waals surface area contributed by atoms with Crippen molar-refractivity contribution < 1.29 is 9.84 Å². The minimum atomic E-state index is 0.0132. The fourth-order valence-electron chi connectivity index (χ4n) is 2.77. The third-order valence-electron chi connectivity index (χ3n) is 3.47. The topological polar surface area (TPSA) is 32.7 Å². The van der Waals surface area contributed by atoms with Crippen molar-refractivity contribution in [1.82, 2.24) is 4.90 Å². The van der Waals surface area contributed by atoms with Crippen LogP contribution in [-0.2, 0) is 4.74 Å². The molecule has 0 aromatic heterocycles. The molecule has 0 amide bonds. The van der Waals surface area contributed by atoms with Gasteiger partial charge in [0, 0.05) is 12.1 Å². The first-order valence-electron chi connectivity index (χ1n) is 5.22. The monoisotopic (exact) mass is 195 g/mol. The van der Waals surface area contributed by atoms with Crippen molar-refractivity contribution in [2.24, 2.45) is 0 Å². The highest BCUT2D eigenvalue weighted by atomic mass is 16.5. The lowest BCUT2D eigenvalue weighted by molar-refractivity contribution is 0.0789. The quantitative estimate of drug-likeness (QED) is 0.655. The molecule has 0 unspecified atom stereocenters. The number of fused-ring (bicyclic) bond motifs is 1. The molecule has 3 nitrogen and oxygen atoms in total. The largest absolute Gasteiger partial charge is 0.394 e. The average molecular weight is 195 g/mol. The molecule has 14 heavy (non-hydrogen) atoms. The van der Waals surface area contributed by atoms with Crippen LogP contribution in [0.1, 0.15) is 19.3 Å². The second-order valence-electron chi connectivity index (χ2n) is 4.27. The molecular weight excluding hydrogens is 178 g/mol. The van der Waals surface area contributed by atoms with Crippen molar-refractivity contribution in [3.8, 4) is 12.3 Å². The predicted molar refractivity (Wildman–Crippen MR) is 53.8 cm³/mol. The van der Waals surface area contributed by atoms with Crippen LogP contribution < -0.4 is 0 Å². The first-order valence-corrected chi connectivity index (χ1v) is 5.22. The van der Waals surface area contributed by atoms with Crippen molar-refractivity contribution in [2.45, 2.75) is 30.9 Å². The van der Waals surface area contributed by atoms with E-state index in [0.29, 0.717) is 6.61 Å². The van der Waals surface area contributed by atoms with Crippen LogP contribution in [0, 0.1) is 12.3 Å². The minimum Gasteiger partial charge on any atom is -0.394 e. The Kier molecular flexibility index (Phi) is 2.78. The van der Waals surface area contributed by atoms with E-state index in [1.54, 1.807) is 0 Å². The van der Waals surface area contributed by atoms with Gasteiger partial charge in [0.05, 0.1) is 12.7 Å². The zero-order valence-electron chi connectivity index (χ0n) is 8.41. The second-order valence-corrected chi connectivity index (χ2v) is 4.27. The van der Waals surface area contributed by atoms with Crippen LogP contribution in [0.4, 0.5) is 0 Å². The van der Waals surface area contributed by atoms with Gasteiger partial charge in [-0.05, 0) is 25.8 Å². The summed E-state index contributed by atoms with van der Waals surface area (Å²) in [5, 5.41) is 9.43. The van der Waals surface area contributed by atoms with E-state index >= 15 is 0 Å². The Morgan fingerprint density at radius 1 is 1.64 bits per heavy atom. The Morgan fingerprint density at radius 3 is 3.14 bits per heavy atom. The van der Waals surface area contributed by atoms with E-state index in [-0.39, 0.29) is 18.2 Å². The summed E-state index contributed by atoms with van der Waals surface area (Å²) >= 11 is 0. The molecule has 0 spiro atoms. The van der Waals surface area contributed by atoms with Gasteiger partial charge in [0.25, 0.3) is 0 Å². The van der Waals surface area contributed by atoms with Crippen molar-refractivity contribution >= 4 is 0 Å². The highest BCUT2D eigenvalue weighted by Gasteiger charge is 2.48. The van der Waals surface area contributed by atoms with Gasteiger partial charge in [-0.3, -0.25) is 4.90 Å². The van der Waals surface area contributed by atoms with Crippen molar-refractivity contribution in [2.75, 3.05) is 26.3 Å². The molecule has 0 bridgehead atoms. The number of aliphatic hydroxyl groups is 1. The summed E-state index contributed by atoms with van der Waals surface area (Å²) in [6.45, 7) is 2.67. The molecule has 1 N–H and O–H groups in total. The zero-order chi connectivity index (χ0) is 10.0. The SMILES string of the molecule is C#CCO[C@@H]1CN2CCC[C@]2(CO)C1. The van der Waals surface area contributed by atoms with E-state index in [2.05, 4.69) is 10.8 Å². The molecule has 0 aromatic carbocycles. The molecular formula is C11H17NO2. The van der Waals surface area contributed by atoms with Gasteiger partial charge >= 0.3 is 0 Å². The van der Waals surface area contributed by atoms with E-state index in [9.17, 15) is 5.11 Å². The van der Waals surface area contributed by atoms with E-state index in [4.69, 9.17) is 11.2 Å². The number of terminal acetylenes is 1. The Balaban J connectivity index is 1.95. The molecule has 2 atom stereocenters. The summed E-state index contributed by atoms with van der Waals surface area (Å²) in [6, 6.07) is 0. The Bertz CT molecular complexity index is 248. The van der Waals surface area contributed by atoms with Gasteiger partial charge in [-0.2, -0.15) is 0 Å². The van der Waals surface area contributed by atoms with E-state index < -0.39 is 0 Å². The molecule has 2 fully saturated rings. The Hall–Kier alpha value is -0.560. The fourth-order valence-corrected chi connectivity index (χ4v) is 2.77. The standard InChI is InChI=1S/C11H17NO2/c1-2-6-14-10-7-11(9-13)4-3-5-12(11)8-10/h1,10,13H,3-9H2/t10-,11+/m0/s1. The molecule has 2 aliphatic rings. The van der Waals surface area contributed by atoms with Crippen LogP contribution >= 0.6 is 0 Å². The number of hydrogen-bond donors (Lipinski definition) is 1. The van der Waals surface area contributed by atoms with E-state index in [1.807, 2.05) is 0 Å². The highest BCUT2D eigenvalue weighted by Crippen LogP contribution is 2.39. The summed E-state index contributed by atoms with van der Waals surface area (Å²) < 4.78 is 5.53. The molecule has 2 heterocycles. The summed E-state index contributed by atoms with van der Waals surface area (Å²) in [7, 11) is 0. The van der Waals surface area contributed by atoms with Crippen LogP contribution in [0.2, 0.25) is 0 Å². The van der Waals surface area contributed by atoms with Gasteiger partial charge in [0.15, 0.2) is 0 Å². The number of nitrogens with zero attached hydrogens (tertiary/aromatic N) is 1. The summed E-state index contributed by atoms with van der Waals surface area (Å²) in [5.41, 5.74) is 0.0132. The number of rotatable bonds is 3. The molecule has 2 rings (SSSR count). The van der Waals surface area contributed by atoms with Gasteiger partial charge < -0.3 is 9.84 Å². The summed E-state index contributed by atoms with van der Waals surface area (Å²) in [6.07, 6.45) is 8.60. The maximum absolute atomic E-state index is 9.43. The van der Waals surface area contributed by atoms with Gasteiger partial charge in [0.2, 0.25) is 0 Å². The lowest BCUT2D eigenvalue weighted by Gasteiger charge is -2.28. The second kappa shape index (κ2) is 3.90. The third kappa shape index (κ3) is 1.54. The maximum Gasteiger partial charge on any atom is 0.107 e. The first kappa shape index (κ1) is 9.97. The van der Waals surface area contributed by atoms with Gasteiger partial charge in [-0.15, -0.1) is 6.42 Å². The van der Waals surface area contributed by atoms with Gasteiger partial charge in [0.1, 0.15) is 6.61 Å². The Morgan fingerprint density at radius 2 is 2.50 bits per heavy atom. The zero-order valence-corrected chi connectivity index (χ0v) is 8.41. The number of ether oxygens (including phenoxy) is 1. The van der Waals surface area contributed by atoms with Crippen LogP contribution in [0.3, 0.4) is 0 Å².